The number of aryl methyl sites for hydroxylation is 1. The molecule has 134 valence electrons. The summed E-state index contributed by atoms with van der Waals surface area (Å²) in [5.74, 6) is -0.380. The van der Waals surface area contributed by atoms with Crippen LogP contribution in [0.5, 0.6) is 0 Å². The molecule has 0 saturated heterocycles. The summed E-state index contributed by atoms with van der Waals surface area (Å²) in [6.45, 7) is 2.62. The van der Waals surface area contributed by atoms with Crippen molar-refractivity contribution in [3.05, 3.63) is 89.5 Å². The Morgan fingerprint density at radius 2 is 1.74 bits per heavy atom. The first-order chi connectivity index (χ1) is 13.2. The third kappa shape index (κ3) is 3.84. The number of carbonyl (C=O) groups excluding carboxylic acids is 1. The zero-order valence-electron chi connectivity index (χ0n) is 14.9. The predicted molar refractivity (Wildman–Crippen MR) is 101 cm³/mol. The molecule has 4 rings (SSSR count). The lowest BCUT2D eigenvalue weighted by atomic mass is 10.1. The number of esters is 1. The second kappa shape index (κ2) is 7.37. The molecule has 0 amide bonds. The number of carbonyl (C=O) groups is 1. The molecule has 0 spiro atoms. The molecule has 0 bridgehead atoms. The molecule has 2 aromatic heterocycles. The maximum absolute atomic E-state index is 12.3. The number of hydrogen-bond donors (Lipinski definition) is 0. The zero-order chi connectivity index (χ0) is 18.6. The minimum Gasteiger partial charge on any atom is -0.456 e. The molecule has 0 radical (unpaired) electrons. The summed E-state index contributed by atoms with van der Waals surface area (Å²) in [7, 11) is 0. The van der Waals surface area contributed by atoms with Gasteiger partial charge in [-0.05, 0) is 42.8 Å². The Morgan fingerprint density at radius 1 is 1.00 bits per heavy atom. The highest BCUT2D eigenvalue weighted by Gasteiger charge is 2.11. The van der Waals surface area contributed by atoms with E-state index in [0.717, 1.165) is 22.3 Å². The van der Waals surface area contributed by atoms with Gasteiger partial charge in [-0.2, -0.15) is 5.10 Å². The lowest BCUT2D eigenvalue weighted by molar-refractivity contribution is 0.0467. The van der Waals surface area contributed by atoms with Crippen LogP contribution < -0.4 is 0 Å². The van der Waals surface area contributed by atoms with Crippen LogP contribution in [-0.4, -0.2) is 25.7 Å². The molecule has 2 heterocycles. The Balaban J connectivity index is 1.42. The Hall–Kier alpha value is -3.54. The van der Waals surface area contributed by atoms with E-state index in [0.29, 0.717) is 17.8 Å². The van der Waals surface area contributed by atoms with Crippen molar-refractivity contribution in [2.75, 3.05) is 0 Å². The Morgan fingerprint density at radius 3 is 2.44 bits per heavy atom. The van der Waals surface area contributed by atoms with Crippen molar-refractivity contribution in [2.24, 2.45) is 0 Å². The summed E-state index contributed by atoms with van der Waals surface area (Å²) in [4.78, 5) is 21.4. The number of nitrogens with zero attached hydrogens (tertiary/aromatic N) is 4. The molecule has 2 aromatic carbocycles. The second-order valence-corrected chi connectivity index (χ2v) is 6.22. The number of rotatable bonds is 5. The molecule has 4 aromatic rings. The van der Waals surface area contributed by atoms with Gasteiger partial charge in [0.1, 0.15) is 6.61 Å². The first-order valence-corrected chi connectivity index (χ1v) is 8.65. The number of fused-ring (bicyclic) bond motifs is 1. The van der Waals surface area contributed by atoms with E-state index in [1.807, 2.05) is 60.3 Å². The SMILES string of the molecule is Cc1nc2ccccc2nc1COC(=O)c1ccc(Cn2cccn2)cc1. The average Bonchev–Trinajstić information content (AvgIpc) is 3.19. The number of aromatic nitrogens is 4. The van der Waals surface area contributed by atoms with Crippen molar-refractivity contribution in [2.45, 2.75) is 20.1 Å². The van der Waals surface area contributed by atoms with Gasteiger partial charge in [-0.15, -0.1) is 0 Å². The monoisotopic (exact) mass is 358 g/mol. The van der Waals surface area contributed by atoms with Gasteiger partial charge < -0.3 is 4.74 Å². The molecular weight excluding hydrogens is 340 g/mol. The minimum absolute atomic E-state index is 0.0948. The fraction of sp³-hybridized carbons (Fsp3) is 0.143. The summed E-state index contributed by atoms with van der Waals surface area (Å²) in [6.07, 6.45) is 3.64. The van der Waals surface area contributed by atoms with Crippen LogP contribution in [0, 0.1) is 6.92 Å². The van der Waals surface area contributed by atoms with E-state index in [9.17, 15) is 4.79 Å². The van der Waals surface area contributed by atoms with Gasteiger partial charge in [-0.25, -0.2) is 14.8 Å². The van der Waals surface area contributed by atoms with Gasteiger partial charge in [0.25, 0.3) is 0 Å². The quantitative estimate of drug-likeness (QED) is 0.510. The van der Waals surface area contributed by atoms with Crippen LogP contribution in [0.2, 0.25) is 0 Å². The van der Waals surface area contributed by atoms with Crippen molar-refractivity contribution in [3.8, 4) is 0 Å². The molecule has 27 heavy (non-hydrogen) atoms. The summed E-state index contributed by atoms with van der Waals surface area (Å²) < 4.78 is 7.26. The number of hydrogen-bond acceptors (Lipinski definition) is 5. The second-order valence-electron chi connectivity index (χ2n) is 6.22. The molecule has 0 unspecified atom stereocenters. The van der Waals surface area contributed by atoms with E-state index in [-0.39, 0.29) is 12.6 Å². The standard InChI is InChI=1S/C21H18N4O2/c1-15-20(24-19-6-3-2-5-18(19)23-15)14-27-21(26)17-9-7-16(8-10-17)13-25-12-4-11-22-25/h2-12H,13-14H2,1H3. The van der Waals surface area contributed by atoms with Crippen molar-refractivity contribution in [1.82, 2.24) is 19.7 Å². The molecular formula is C21H18N4O2. The minimum atomic E-state index is -0.380. The average molecular weight is 358 g/mol. The van der Waals surface area contributed by atoms with Crippen LogP contribution in [0.25, 0.3) is 11.0 Å². The molecule has 0 saturated carbocycles. The number of ether oxygens (including phenoxy) is 1. The zero-order valence-corrected chi connectivity index (χ0v) is 14.9. The van der Waals surface area contributed by atoms with Crippen LogP contribution in [-0.2, 0) is 17.9 Å². The van der Waals surface area contributed by atoms with E-state index in [1.165, 1.54) is 0 Å². The topological polar surface area (TPSA) is 69.9 Å². The van der Waals surface area contributed by atoms with Crippen molar-refractivity contribution < 1.29 is 9.53 Å². The van der Waals surface area contributed by atoms with Crippen LogP contribution >= 0.6 is 0 Å². The third-order valence-electron chi connectivity index (χ3n) is 4.28. The van der Waals surface area contributed by atoms with Crippen molar-refractivity contribution in [1.29, 1.82) is 0 Å². The van der Waals surface area contributed by atoms with Crippen LogP contribution in [0.4, 0.5) is 0 Å². The Labute approximate surface area is 156 Å². The lowest BCUT2D eigenvalue weighted by Crippen LogP contribution is -2.08. The van der Waals surface area contributed by atoms with E-state index < -0.39 is 0 Å². The van der Waals surface area contributed by atoms with Gasteiger partial charge in [-0.3, -0.25) is 4.68 Å². The van der Waals surface area contributed by atoms with Gasteiger partial charge in [-0.1, -0.05) is 24.3 Å². The molecule has 0 fully saturated rings. The van der Waals surface area contributed by atoms with Gasteiger partial charge >= 0.3 is 5.97 Å². The fourth-order valence-electron chi connectivity index (χ4n) is 2.81. The first kappa shape index (κ1) is 16.9. The highest BCUT2D eigenvalue weighted by Crippen LogP contribution is 2.14. The normalized spacial score (nSPS) is 10.9. The smallest absolute Gasteiger partial charge is 0.338 e. The van der Waals surface area contributed by atoms with Crippen molar-refractivity contribution >= 4 is 17.0 Å². The molecule has 0 atom stereocenters. The maximum Gasteiger partial charge on any atom is 0.338 e. The molecule has 0 aliphatic heterocycles. The maximum atomic E-state index is 12.3. The Bertz CT molecular complexity index is 1070. The summed E-state index contributed by atoms with van der Waals surface area (Å²) in [5.41, 5.74) is 4.61. The lowest BCUT2D eigenvalue weighted by Gasteiger charge is -2.08. The summed E-state index contributed by atoms with van der Waals surface area (Å²) in [5, 5.41) is 4.17. The van der Waals surface area contributed by atoms with E-state index in [2.05, 4.69) is 15.1 Å². The van der Waals surface area contributed by atoms with Gasteiger partial charge in [0, 0.05) is 12.4 Å². The predicted octanol–water partition coefficient (Wildman–Crippen LogP) is 3.54. The van der Waals surface area contributed by atoms with E-state index in [1.54, 1.807) is 18.3 Å². The largest absolute Gasteiger partial charge is 0.456 e. The molecule has 6 nitrogen and oxygen atoms in total. The van der Waals surface area contributed by atoms with Crippen molar-refractivity contribution in [3.63, 3.8) is 0 Å². The summed E-state index contributed by atoms with van der Waals surface area (Å²) >= 11 is 0. The number of para-hydroxylation sites is 2. The number of benzene rings is 2. The van der Waals surface area contributed by atoms with Gasteiger partial charge in [0.15, 0.2) is 0 Å². The van der Waals surface area contributed by atoms with E-state index >= 15 is 0 Å². The van der Waals surface area contributed by atoms with Gasteiger partial charge in [0.05, 0.1) is 34.5 Å². The van der Waals surface area contributed by atoms with Crippen LogP contribution in [0.15, 0.2) is 67.0 Å². The molecule has 0 aliphatic rings. The Kier molecular flexibility index (Phi) is 4.61. The first-order valence-electron chi connectivity index (χ1n) is 8.65. The third-order valence-corrected chi connectivity index (χ3v) is 4.28. The van der Waals surface area contributed by atoms with Crippen LogP contribution in [0.1, 0.15) is 27.3 Å². The highest BCUT2D eigenvalue weighted by atomic mass is 16.5. The molecule has 0 N–H and O–H groups in total. The van der Waals surface area contributed by atoms with Gasteiger partial charge in [0.2, 0.25) is 0 Å². The molecule has 0 aliphatic carbocycles. The van der Waals surface area contributed by atoms with E-state index in [4.69, 9.17) is 4.74 Å². The highest BCUT2D eigenvalue weighted by molar-refractivity contribution is 5.89. The molecule has 6 heteroatoms. The fourth-order valence-corrected chi connectivity index (χ4v) is 2.81. The summed E-state index contributed by atoms with van der Waals surface area (Å²) in [6, 6.07) is 16.8. The van der Waals surface area contributed by atoms with Crippen LogP contribution in [0.3, 0.4) is 0 Å².